The number of ether oxygens (including phenoxy) is 2. The molecule has 0 N–H and O–H groups in total. The Morgan fingerprint density at radius 1 is 1.06 bits per heavy atom. The molecule has 0 aliphatic carbocycles. The van der Waals surface area contributed by atoms with Gasteiger partial charge in [0.25, 0.3) is 0 Å². The van der Waals surface area contributed by atoms with Crippen LogP contribution in [0.5, 0.6) is 17.8 Å². The van der Waals surface area contributed by atoms with E-state index in [2.05, 4.69) is 15.0 Å². The summed E-state index contributed by atoms with van der Waals surface area (Å²) in [4.78, 5) is 11.6. The van der Waals surface area contributed by atoms with Gasteiger partial charge in [0.1, 0.15) is 5.75 Å². The van der Waals surface area contributed by atoms with Crippen LogP contribution in [-0.2, 0) is 0 Å². The number of hydrogen-bond acceptors (Lipinski definition) is 5. The minimum Gasteiger partial charge on any atom is -0.464 e. The molecule has 0 amide bonds. The maximum absolute atomic E-state index is 5.95. The van der Waals surface area contributed by atoms with E-state index in [1.165, 1.54) is 0 Å². The monoisotopic (exact) mass is 285 g/mol. The van der Waals surface area contributed by atoms with Crippen molar-refractivity contribution in [2.45, 2.75) is 6.92 Å². The van der Waals surface area contributed by atoms with Crippen LogP contribution in [0.1, 0.15) is 6.92 Å². The minimum absolute atomic E-state index is 0.00416. The summed E-state index contributed by atoms with van der Waals surface area (Å²) in [6.45, 7) is 2.23. The van der Waals surface area contributed by atoms with Crippen LogP contribution >= 0.6 is 23.2 Å². The average molecular weight is 286 g/mol. The average Bonchev–Trinajstić information content (AvgIpc) is 2.32. The first-order chi connectivity index (χ1) is 8.69. The molecule has 2 rings (SSSR count). The van der Waals surface area contributed by atoms with Crippen molar-refractivity contribution in [2.24, 2.45) is 0 Å². The predicted octanol–water partition coefficient (Wildman–Crippen LogP) is 3.37. The Balaban J connectivity index is 2.26. The first kappa shape index (κ1) is 12.9. The van der Waals surface area contributed by atoms with E-state index in [9.17, 15) is 0 Å². The zero-order chi connectivity index (χ0) is 13.0. The van der Waals surface area contributed by atoms with E-state index in [4.69, 9.17) is 32.7 Å². The number of para-hydroxylation sites is 1. The van der Waals surface area contributed by atoms with Crippen molar-refractivity contribution in [3.8, 4) is 17.8 Å². The van der Waals surface area contributed by atoms with E-state index in [0.717, 1.165) is 0 Å². The molecule has 0 saturated heterocycles. The number of hydrogen-bond donors (Lipinski definition) is 0. The molecule has 0 bridgehead atoms. The van der Waals surface area contributed by atoms with Gasteiger partial charge in [-0.05, 0) is 30.7 Å². The molecule has 18 heavy (non-hydrogen) atoms. The molecule has 0 aliphatic rings. The van der Waals surface area contributed by atoms with Crippen LogP contribution in [0.2, 0.25) is 10.3 Å². The molecule has 1 aromatic heterocycles. The van der Waals surface area contributed by atoms with Crippen molar-refractivity contribution in [2.75, 3.05) is 6.61 Å². The van der Waals surface area contributed by atoms with E-state index in [-0.39, 0.29) is 17.3 Å². The second-order valence-corrected chi connectivity index (χ2v) is 3.88. The molecule has 0 fully saturated rings. The Kier molecular flexibility index (Phi) is 4.17. The Morgan fingerprint density at radius 3 is 2.50 bits per heavy atom. The van der Waals surface area contributed by atoms with Gasteiger partial charge in [-0.2, -0.15) is 9.97 Å². The van der Waals surface area contributed by atoms with Crippen LogP contribution in [-0.4, -0.2) is 21.6 Å². The molecule has 5 nitrogen and oxygen atoms in total. The molecule has 1 aromatic carbocycles. The van der Waals surface area contributed by atoms with Crippen molar-refractivity contribution in [1.82, 2.24) is 15.0 Å². The summed E-state index contributed by atoms with van der Waals surface area (Å²) < 4.78 is 10.6. The number of nitrogens with zero attached hydrogens (tertiary/aromatic N) is 3. The summed E-state index contributed by atoms with van der Waals surface area (Å²) in [6, 6.07) is 7.11. The second-order valence-electron chi connectivity index (χ2n) is 3.14. The highest BCUT2D eigenvalue weighted by Gasteiger charge is 2.09. The van der Waals surface area contributed by atoms with Gasteiger partial charge in [-0.15, -0.1) is 4.98 Å². The zero-order valence-corrected chi connectivity index (χ0v) is 10.9. The van der Waals surface area contributed by atoms with Crippen molar-refractivity contribution in [3.05, 3.63) is 34.6 Å². The highest BCUT2D eigenvalue weighted by molar-refractivity contribution is 6.32. The van der Waals surface area contributed by atoms with E-state index < -0.39 is 0 Å². The summed E-state index contributed by atoms with van der Waals surface area (Å²) >= 11 is 11.7. The third-order valence-corrected chi connectivity index (χ3v) is 2.36. The summed E-state index contributed by atoms with van der Waals surface area (Å²) in [6.07, 6.45) is 0. The maximum Gasteiger partial charge on any atom is 0.329 e. The molecule has 0 atom stereocenters. The molecule has 0 saturated carbocycles. The third kappa shape index (κ3) is 3.21. The molecule has 1 heterocycles. The number of rotatable bonds is 4. The first-order valence-electron chi connectivity index (χ1n) is 5.16. The van der Waals surface area contributed by atoms with Gasteiger partial charge in [0.15, 0.2) is 0 Å². The van der Waals surface area contributed by atoms with Crippen molar-refractivity contribution < 1.29 is 9.47 Å². The fraction of sp³-hybridized carbons (Fsp3) is 0.182. The fourth-order valence-corrected chi connectivity index (χ4v) is 1.50. The lowest BCUT2D eigenvalue weighted by atomic mass is 10.3. The van der Waals surface area contributed by atoms with Gasteiger partial charge in [0.2, 0.25) is 5.28 Å². The lowest BCUT2D eigenvalue weighted by molar-refractivity contribution is 0.303. The van der Waals surface area contributed by atoms with E-state index in [1.54, 1.807) is 24.3 Å². The van der Waals surface area contributed by atoms with Crippen LogP contribution in [0, 0.1) is 0 Å². The number of halogens is 2. The van der Waals surface area contributed by atoms with Crippen LogP contribution < -0.4 is 9.47 Å². The van der Waals surface area contributed by atoms with Crippen LogP contribution in [0.15, 0.2) is 24.3 Å². The largest absolute Gasteiger partial charge is 0.464 e. The molecule has 0 spiro atoms. The molecular weight excluding hydrogens is 277 g/mol. The summed E-state index contributed by atoms with van der Waals surface area (Å²) in [5, 5.41) is 0.447. The Hall–Kier alpha value is -1.59. The number of aromatic nitrogens is 3. The normalized spacial score (nSPS) is 10.2. The fourth-order valence-electron chi connectivity index (χ4n) is 1.18. The lowest BCUT2D eigenvalue weighted by Gasteiger charge is -2.06. The summed E-state index contributed by atoms with van der Waals surface area (Å²) in [5.41, 5.74) is 0. The van der Waals surface area contributed by atoms with Crippen molar-refractivity contribution >= 4 is 23.2 Å². The Bertz CT molecular complexity index is 552. The smallest absolute Gasteiger partial charge is 0.329 e. The minimum atomic E-state index is -0.00416. The van der Waals surface area contributed by atoms with Crippen molar-refractivity contribution in [3.63, 3.8) is 0 Å². The second kappa shape index (κ2) is 5.84. The number of benzene rings is 1. The molecule has 2 aromatic rings. The van der Waals surface area contributed by atoms with E-state index in [0.29, 0.717) is 17.4 Å². The van der Waals surface area contributed by atoms with Gasteiger partial charge in [-0.1, -0.05) is 23.7 Å². The first-order valence-corrected chi connectivity index (χ1v) is 5.91. The SMILES string of the molecule is CCOc1nc(Cl)nc(Oc2ccccc2Cl)n1. The Morgan fingerprint density at radius 2 is 1.78 bits per heavy atom. The summed E-state index contributed by atoms with van der Waals surface area (Å²) in [7, 11) is 0. The Labute approximate surface area is 114 Å². The van der Waals surface area contributed by atoms with E-state index in [1.807, 2.05) is 6.92 Å². The zero-order valence-electron chi connectivity index (χ0n) is 9.43. The van der Waals surface area contributed by atoms with Crippen LogP contribution in [0.3, 0.4) is 0 Å². The van der Waals surface area contributed by atoms with Crippen molar-refractivity contribution in [1.29, 1.82) is 0 Å². The van der Waals surface area contributed by atoms with Gasteiger partial charge in [-0.25, -0.2) is 0 Å². The molecule has 7 heteroatoms. The van der Waals surface area contributed by atoms with E-state index >= 15 is 0 Å². The molecule has 0 aliphatic heterocycles. The quantitative estimate of drug-likeness (QED) is 0.862. The third-order valence-electron chi connectivity index (χ3n) is 1.88. The predicted molar refractivity (Wildman–Crippen MR) is 67.5 cm³/mol. The molecule has 0 unspecified atom stereocenters. The highest BCUT2D eigenvalue weighted by Crippen LogP contribution is 2.27. The van der Waals surface area contributed by atoms with Gasteiger partial charge in [0, 0.05) is 0 Å². The summed E-state index contributed by atoms with van der Waals surface area (Å²) in [5.74, 6) is 0.434. The van der Waals surface area contributed by atoms with Crippen LogP contribution in [0.4, 0.5) is 0 Å². The maximum atomic E-state index is 5.95. The molecule has 94 valence electrons. The van der Waals surface area contributed by atoms with Crippen LogP contribution in [0.25, 0.3) is 0 Å². The molecular formula is C11H9Cl2N3O2. The molecule has 0 radical (unpaired) electrons. The van der Waals surface area contributed by atoms with Gasteiger partial charge < -0.3 is 9.47 Å². The lowest BCUT2D eigenvalue weighted by Crippen LogP contribution is -2.01. The van der Waals surface area contributed by atoms with Gasteiger partial charge >= 0.3 is 12.0 Å². The topological polar surface area (TPSA) is 57.1 Å². The highest BCUT2D eigenvalue weighted by atomic mass is 35.5. The van der Waals surface area contributed by atoms with Gasteiger partial charge in [0.05, 0.1) is 11.6 Å². The standard InChI is InChI=1S/C11H9Cl2N3O2/c1-2-17-10-14-9(13)15-11(16-10)18-8-6-4-3-5-7(8)12/h3-6H,2H2,1H3. The van der Waals surface area contributed by atoms with Gasteiger partial charge in [-0.3, -0.25) is 0 Å².